The van der Waals surface area contributed by atoms with Gasteiger partial charge >= 0.3 is 5.97 Å². The summed E-state index contributed by atoms with van der Waals surface area (Å²) < 4.78 is 22.2. The number of hydrogen-bond donors (Lipinski definition) is 2. The topological polar surface area (TPSA) is 71.4 Å². The summed E-state index contributed by atoms with van der Waals surface area (Å²) in [5.74, 6) is -1.09. The van der Waals surface area contributed by atoms with Crippen LogP contribution in [-0.4, -0.2) is 19.5 Å². The molecule has 1 aromatic rings. The fraction of sp³-hybridized carbons (Fsp3) is 0.364. The minimum absolute atomic E-state index is 0.0696. The van der Waals surface area contributed by atoms with Gasteiger partial charge in [-0.2, -0.15) is 0 Å². The molecule has 0 heterocycles. The lowest BCUT2D eigenvalue weighted by Gasteiger charge is -2.12. The van der Waals surface area contributed by atoms with Crippen LogP contribution in [0, 0.1) is 0 Å². The largest absolute Gasteiger partial charge is 0.478 e. The third kappa shape index (κ3) is 2.82. The maximum atomic E-state index is 11.1. The van der Waals surface area contributed by atoms with Gasteiger partial charge in [-0.25, -0.2) is 13.2 Å². The average Bonchev–Trinajstić information content (AvgIpc) is 2.25. The van der Waals surface area contributed by atoms with Crippen LogP contribution >= 0.6 is 0 Å². The highest BCUT2D eigenvalue weighted by atomic mass is 32.2. The first-order valence-electron chi connectivity index (χ1n) is 5.03. The highest BCUT2D eigenvalue weighted by Crippen LogP contribution is 2.25. The molecule has 1 atom stereocenters. The fourth-order valence-corrected chi connectivity index (χ4v) is 2.55. The van der Waals surface area contributed by atoms with E-state index < -0.39 is 21.9 Å². The zero-order chi connectivity index (χ0) is 12.1. The van der Waals surface area contributed by atoms with Crippen LogP contribution in [0.1, 0.15) is 40.9 Å². The first-order valence-corrected chi connectivity index (χ1v) is 6.28. The van der Waals surface area contributed by atoms with Gasteiger partial charge in [0.1, 0.15) is 10.7 Å². The predicted molar refractivity (Wildman–Crippen MR) is 61.4 cm³/mol. The highest BCUT2D eigenvalue weighted by Gasteiger charge is 2.19. The van der Waals surface area contributed by atoms with Crippen LogP contribution in [0.3, 0.4) is 0 Å². The van der Waals surface area contributed by atoms with Crippen LogP contribution in [0.5, 0.6) is 0 Å². The molecular formula is C11H14O4S. The first kappa shape index (κ1) is 12.7. The van der Waals surface area contributed by atoms with Crippen molar-refractivity contribution in [1.29, 1.82) is 0 Å². The molecular weight excluding hydrogens is 228 g/mol. The zero-order valence-electron chi connectivity index (χ0n) is 8.92. The molecule has 88 valence electrons. The van der Waals surface area contributed by atoms with Crippen LogP contribution in [-0.2, 0) is 10.7 Å². The molecule has 0 saturated heterocycles. The van der Waals surface area contributed by atoms with Crippen LogP contribution in [0.2, 0.25) is 0 Å². The van der Waals surface area contributed by atoms with Crippen molar-refractivity contribution in [3.8, 4) is 0 Å². The molecule has 1 rings (SSSR count). The van der Waals surface area contributed by atoms with E-state index in [1.165, 1.54) is 6.07 Å². The molecule has 1 N–H and O–H groups in total. The number of benzene rings is 1. The predicted octanol–water partition coefficient (Wildman–Crippen LogP) is 1.84. The van der Waals surface area contributed by atoms with Crippen LogP contribution in [0.15, 0.2) is 24.3 Å². The smallest absolute Gasteiger partial charge is 0.336 e. The Balaban J connectivity index is 3.23. The number of rotatable bonds is 5. The summed E-state index contributed by atoms with van der Waals surface area (Å²) in [5, 5.41) is 8.27. The molecule has 16 heavy (non-hydrogen) atoms. The van der Waals surface area contributed by atoms with E-state index in [9.17, 15) is 13.2 Å². The van der Waals surface area contributed by atoms with E-state index >= 15 is 0 Å². The Morgan fingerprint density at radius 2 is 2.00 bits per heavy atom. The number of carboxylic acids is 1. The van der Waals surface area contributed by atoms with E-state index in [-0.39, 0.29) is 5.56 Å². The molecule has 0 aliphatic heterocycles. The van der Waals surface area contributed by atoms with Gasteiger partial charge < -0.3 is 5.11 Å². The van der Waals surface area contributed by atoms with Crippen molar-refractivity contribution in [3.63, 3.8) is 0 Å². The van der Waals surface area contributed by atoms with Crippen molar-refractivity contribution in [3.05, 3.63) is 35.4 Å². The molecule has 0 fully saturated rings. The summed E-state index contributed by atoms with van der Waals surface area (Å²) in [6.45, 7) is 1.87. The van der Waals surface area contributed by atoms with Gasteiger partial charge in [-0.05, 0) is 18.1 Å². The number of carboxylic acid groups (broad SMARTS) is 1. The van der Waals surface area contributed by atoms with Crippen molar-refractivity contribution in [2.75, 3.05) is 0 Å². The maximum absolute atomic E-state index is 11.1. The summed E-state index contributed by atoms with van der Waals surface area (Å²) in [5.41, 5.74) is 0.452. The molecule has 1 unspecified atom stereocenters. The number of hydrogen-bond acceptors (Lipinski definition) is 3. The van der Waals surface area contributed by atoms with E-state index in [0.29, 0.717) is 18.4 Å². The Hall–Kier alpha value is -1.36. The molecule has 0 amide bonds. The molecule has 0 aliphatic rings. The molecule has 1 aromatic carbocycles. The zero-order valence-corrected chi connectivity index (χ0v) is 9.81. The van der Waals surface area contributed by atoms with E-state index in [2.05, 4.69) is 0 Å². The van der Waals surface area contributed by atoms with Crippen LogP contribution in [0.25, 0.3) is 0 Å². The first-order chi connectivity index (χ1) is 7.57. The summed E-state index contributed by atoms with van der Waals surface area (Å²) in [4.78, 5) is 11.0. The maximum Gasteiger partial charge on any atom is 0.336 e. The summed E-state index contributed by atoms with van der Waals surface area (Å²) >= 11 is 0. The van der Waals surface area contributed by atoms with Gasteiger partial charge in [0.15, 0.2) is 0 Å². The van der Waals surface area contributed by atoms with E-state index in [4.69, 9.17) is 5.11 Å². The molecule has 0 bridgehead atoms. The third-order valence-corrected chi connectivity index (χ3v) is 3.41. The number of thiol groups is 1. The molecule has 5 heteroatoms. The van der Waals surface area contributed by atoms with Gasteiger partial charge in [0.05, 0.1) is 10.8 Å². The molecule has 0 spiro atoms. The Morgan fingerprint density at radius 1 is 1.38 bits per heavy atom. The minimum atomic E-state index is -2.65. The van der Waals surface area contributed by atoms with Crippen LogP contribution in [0.4, 0.5) is 0 Å². The molecule has 0 saturated carbocycles. The van der Waals surface area contributed by atoms with Crippen molar-refractivity contribution in [2.45, 2.75) is 25.0 Å². The summed E-state index contributed by atoms with van der Waals surface area (Å²) in [6.07, 6.45) is 1.14. The second kappa shape index (κ2) is 5.65. The summed E-state index contributed by atoms with van der Waals surface area (Å²) in [7, 11) is -2.65. The average molecular weight is 242 g/mol. The highest BCUT2D eigenvalue weighted by molar-refractivity contribution is 7.72. The van der Waals surface area contributed by atoms with Gasteiger partial charge in [0, 0.05) is 0 Å². The van der Waals surface area contributed by atoms with Crippen LogP contribution < -0.4 is 0 Å². The SMILES string of the molecule is CCCC(c1ccccc1C(=O)O)[SH](=O)=O. The summed E-state index contributed by atoms with van der Waals surface area (Å²) in [6, 6.07) is 6.24. The monoisotopic (exact) mass is 242 g/mol. The van der Waals surface area contributed by atoms with E-state index in [1.54, 1.807) is 18.2 Å². The molecule has 0 aromatic heterocycles. The normalized spacial score (nSPS) is 12.6. The quantitative estimate of drug-likeness (QED) is 0.773. The van der Waals surface area contributed by atoms with Crippen molar-refractivity contribution in [2.24, 2.45) is 0 Å². The lowest BCUT2D eigenvalue weighted by Crippen LogP contribution is -2.08. The Bertz CT molecular complexity index is 443. The minimum Gasteiger partial charge on any atom is -0.478 e. The lowest BCUT2D eigenvalue weighted by molar-refractivity contribution is 0.0695. The van der Waals surface area contributed by atoms with Crippen molar-refractivity contribution in [1.82, 2.24) is 0 Å². The van der Waals surface area contributed by atoms with Gasteiger partial charge in [-0.3, -0.25) is 0 Å². The van der Waals surface area contributed by atoms with E-state index in [1.807, 2.05) is 6.92 Å². The van der Waals surface area contributed by atoms with E-state index in [0.717, 1.165) is 0 Å². The van der Waals surface area contributed by atoms with Gasteiger partial charge in [0.2, 0.25) is 0 Å². The molecule has 0 radical (unpaired) electrons. The lowest BCUT2D eigenvalue weighted by atomic mass is 10.0. The number of carbonyl (C=O) groups is 1. The molecule has 0 aliphatic carbocycles. The van der Waals surface area contributed by atoms with Gasteiger partial charge in [-0.15, -0.1) is 0 Å². The number of aromatic carboxylic acids is 1. The Kier molecular flexibility index (Phi) is 4.49. The van der Waals surface area contributed by atoms with Gasteiger partial charge in [-0.1, -0.05) is 31.5 Å². The fourth-order valence-electron chi connectivity index (χ4n) is 1.63. The third-order valence-electron chi connectivity index (χ3n) is 2.37. The van der Waals surface area contributed by atoms with Crippen molar-refractivity contribution >= 4 is 16.7 Å². The standard InChI is InChI=1S/C11H14O4S/c1-2-5-10(16(14)15)8-6-3-4-7-9(8)11(12)13/h3-4,6-7,10,16H,2,5H2,1H3,(H,12,13). The second-order valence-corrected chi connectivity index (χ2v) is 4.68. The second-order valence-electron chi connectivity index (χ2n) is 3.48. The van der Waals surface area contributed by atoms with Crippen molar-refractivity contribution < 1.29 is 18.3 Å². The Labute approximate surface area is 95.9 Å². The van der Waals surface area contributed by atoms with Gasteiger partial charge in [0.25, 0.3) is 0 Å². The molecule has 4 nitrogen and oxygen atoms in total. The Morgan fingerprint density at radius 3 is 2.50 bits per heavy atom.